The highest BCUT2D eigenvalue weighted by atomic mass is 35.5. The Kier molecular flexibility index (Phi) is 5.29. The summed E-state index contributed by atoms with van der Waals surface area (Å²) in [5.74, 6) is 0.0849. The van der Waals surface area contributed by atoms with E-state index in [1.807, 2.05) is 18.5 Å². The molecule has 4 rings (SSSR count). The number of benzene rings is 1. The number of aromatic nitrogens is 2. The van der Waals surface area contributed by atoms with Gasteiger partial charge in [0.25, 0.3) is 0 Å². The van der Waals surface area contributed by atoms with Crippen LogP contribution in [0.1, 0.15) is 42.5 Å². The second-order valence-corrected chi connectivity index (χ2v) is 10.8. The van der Waals surface area contributed by atoms with Gasteiger partial charge in [0.1, 0.15) is 9.84 Å². The van der Waals surface area contributed by atoms with Crippen LogP contribution in [-0.2, 0) is 33.1 Å². The quantitative estimate of drug-likeness (QED) is 0.818. The molecule has 3 unspecified atom stereocenters. The van der Waals surface area contributed by atoms with Gasteiger partial charge in [-0.15, -0.1) is 0 Å². The molecular formula is C20H26ClN3O3S. The number of sulfone groups is 1. The van der Waals surface area contributed by atoms with E-state index in [9.17, 15) is 8.42 Å². The number of nitrogens with zero attached hydrogens (tertiary/aromatic N) is 2. The third kappa shape index (κ3) is 4.13. The Morgan fingerprint density at radius 3 is 3.00 bits per heavy atom. The van der Waals surface area contributed by atoms with Crippen molar-refractivity contribution in [1.29, 1.82) is 0 Å². The number of fused-ring (bicyclic) bond motifs is 2. The van der Waals surface area contributed by atoms with Gasteiger partial charge in [0.2, 0.25) is 0 Å². The molecular weight excluding hydrogens is 398 g/mol. The fourth-order valence-corrected chi connectivity index (χ4v) is 5.18. The smallest absolute Gasteiger partial charge is 0.149 e. The lowest BCUT2D eigenvalue weighted by molar-refractivity contribution is -0.0983. The Balaban J connectivity index is 1.60. The van der Waals surface area contributed by atoms with Gasteiger partial charge >= 0.3 is 0 Å². The van der Waals surface area contributed by atoms with Crippen molar-refractivity contribution in [2.24, 2.45) is 0 Å². The molecule has 1 aromatic carbocycles. The summed E-state index contributed by atoms with van der Waals surface area (Å²) in [6.07, 6.45) is 7.60. The zero-order valence-corrected chi connectivity index (χ0v) is 17.8. The highest BCUT2D eigenvalue weighted by Crippen LogP contribution is 2.46. The van der Waals surface area contributed by atoms with Gasteiger partial charge in [0.15, 0.2) is 0 Å². The molecule has 0 radical (unpaired) electrons. The number of halogens is 1. The average Bonchev–Trinajstić information content (AvgIpc) is 3.09. The summed E-state index contributed by atoms with van der Waals surface area (Å²) in [7, 11) is -3.02. The summed E-state index contributed by atoms with van der Waals surface area (Å²) < 4.78 is 31.0. The third-order valence-corrected chi connectivity index (χ3v) is 6.87. The van der Waals surface area contributed by atoms with Gasteiger partial charge < -0.3 is 10.1 Å². The Bertz CT molecular complexity index is 975. The second-order valence-electron chi connectivity index (χ2n) is 8.09. The minimum Gasteiger partial charge on any atom is -0.370 e. The summed E-state index contributed by atoms with van der Waals surface area (Å²) in [5, 5.41) is 8.75. The number of hydrogen-bond acceptors (Lipinski definition) is 5. The zero-order valence-electron chi connectivity index (χ0n) is 16.2. The number of rotatable bonds is 4. The van der Waals surface area contributed by atoms with Crippen LogP contribution in [0.3, 0.4) is 0 Å². The van der Waals surface area contributed by atoms with Gasteiger partial charge in [-0.25, -0.2) is 8.42 Å². The molecule has 152 valence electrons. The van der Waals surface area contributed by atoms with Crippen LogP contribution in [0, 0.1) is 0 Å². The van der Waals surface area contributed by atoms with E-state index in [1.54, 1.807) is 4.68 Å². The lowest BCUT2D eigenvalue weighted by atomic mass is 9.74. The van der Waals surface area contributed by atoms with Gasteiger partial charge in [-0.05, 0) is 43.0 Å². The van der Waals surface area contributed by atoms with Gasteiger partial charge in [0, 0.05) is 41.5 Å². The van der Waals surface area contributed by atoms with Crippen molar-refractivity contribution < 1.29 is 13.2 Å². The SMILES string of the molecule is CC1CC2(CC(c3cnn(CCS(C)(=O)=O)c3)N1)OCCc1ccc(Cl)cc12. The first-order valence-corrected chi connectivity index (χ1v) is 12.1. The number of ether oxygens (including phenoxy) is 1. The molecule has 0 aliphatic carbocycles. The second kappa shape index (κ2) is 7.44. The van der Waals surface area contributed by atoms with Crippen LogP contribution >= 0.6 is 11.6 Å². The molecule has 3 heterocycles. The van der Waals surface area contributed by atoms with Crippen molar-refractivity contribution in [3.63, 3.8) is 0 Å². The van der Waals surface area contributed by atoms with Crippen molar-refractivity contribution in [2.45, 2.75) is 50.4 Å². The fraction of sp³-hybridized carbons (Fsp3) is 0.550. The fourth-order valence-electron chi connectivity index (χ4n) is 4.49. The minimum absolute atomic E-state index is 0.0839. The standard InChI is InChI=1S/C20H26ClN3O3S/c1-14-10-20(18-9-17(21)4-3-15(18)5-7-27-20)11-19(23-14)16-12-22-24(13-16)6-8-28(2,25)26/h3-4,9,12-14,19,23H,5-8,10-11H2,1-2H3. The predicted molar refractivity (Wildman–Crippen MR) is 109 cm³/mol. The zero-order chi connectivity index (χ0) is 19.9. The molecule has 6 nitrogen and oxygen atoms in total. The van der Waals surface area contributed by atoms with Crippen molar-refractivity contribution in [2.75, 3.05) is 18.6 Å². The van der Waals surface area contributed by atoms with Gasteiger partial charge in [0.05, 0.1) is 30.7 Å². The van der Waals surface area contributed by atoms with E-state index in [-0.39, 0.29) is 23.4 Å². The van der Waals surface area contributed by atoms with E-state index in [2.05, 4.69) is 29.5 Å². The van der Waals surface area contributed by atoms with Gasteiger partial charge in [-0.2, -0.15) is 5.10 Å². The van der Waals surface area contributed by atoms with E-state index in [0.29, 0.717) is 13.2 Å². The monoisotopic (exact) mass is 423 g/mol. The molecule has 2 aliphatic rings. The van der Waals surface area contributed by atoms with Crippen molar-refractivity contribution in [1.82, 2.24) is 15.1 Å². The molecule has 1 fully saturated rings. The third-order valence-electron chi connectivity index (χ3n) is 5.71. The summed E-state index contributed by atoms with van der Waals surface area (Å²) in [6, 6.07) is 6.48. The molecule has 8 heteroatoms. The summed E-state index contributed by atoms with van der Waals surface area (Å²) in [4.78, 5) is 0. The maximum absolute atomic E-state index is 11.4. The number of nitrogens with one attached hydrogen (secondary N) is 1. The highest BCUT2D eigenvalue weighted by Gasteiger charge is 2.45. The van der Waals surface area contributed by atoms with Gasteiger partial charge in [-0.3, -0.25) is 4.68 Å². The van der Waals surface area contributed by atoms with E-state index >= 15 is 0 Å². The van der Waals surface area contributed by atoms with Crippen LogP contribution in [0.15, 0.2) is 30.6 Å². The molecule has 1 aromatic heterocycles. The van der Waals surface area contributed by atoms with Crippen molar-refractivity contribution in [3.8, 4) is 0 Å². The van der Waals surface area contributed by atoms with Crippen LogP contribution in [0.5, 0.6) is 0 Å². The molecule has 0 bridgehead atoms. The molecule has 1 N–H and O–H groups in total. The van der Waals surface area contributed by atoms with Crippen LogP contribution < -0.4 is 5.32 Å². The molecule has 0 saturated carbocycles. The first kappa shape index (κ1) is 19.9. The topological polar surface area (TPSA) is 73.2 Å². The first-order chi connectivity index (χ1) is 13.2. The Hall–Kier alpha value is -1.41. The molecule has 0 amide bonds. The molecule has 1 spiro atoms. The maximum Gasteiger partial charge on any atom is 0.149 e. The summed E-state index contributed by atoms with van der Waals surface area (Å²) in [5.41, 5.74) is 3.21. The number of piperidine rings is 1. The molecule has 2 aromatic rings. The minimum atomic E-state index is -3.02. The molecule has 3 atom stereocenters. The van der Waals surface area contributed by atoms with Crippen LogP contribution in [0.4, 0.5) is 0 Å². The van der Waals surface area contributed by atoms with Crippen LogP contribution in [0.2, 0.25) is 5.02 Å². The summed E-state index contributed by atoms with van der Waals surface area (Å²) in [6.45, 7) is 3.24. The van der Waals surface area contributed by atoms with Gasteiger partial charge in [-0.1, -0.05) is 17.7 Å². The normalized spacial score (nSPS) is 27.7. The Morgan fingerprint density at radius 1 is 1.39 bits per heavy atom. The van der Waals surface area contributed by atoms with Crippen molar-refractivity contribution >= 4 is 21.4 Å². The molecule has 28 heavy (non-hydrogen) atoms. The highest BCUT2D eigenvalue weighted by molar-refractivity contribution is 7.90. The van der Waals surface area contributed by atoms with Crippen molar-refractivity contribution in [3.05, 3.63) is 52.3 Å². The van der Waals surface area contributed by atoms with E-state index < -0.39 is 9.84 Å². The Morgan fingerprint density at radius 2 is 2.21 bits per heavy atom. The predicted octanol–water partition coefficient (Wildman–Crippen LogP) is 2.86. The maximum atomic E-state index is 11.4. The van der Waals surface area contributed by atoms with E-state index in [4.69, 9.17) is 16.3 Å². The summed E-state index contributed by atoms with van der Waals surface area (Å²) >= 11 is 6.31. The van der Waals surface area contributed by atoms with Crippen LogP contribution in [0.25, 0.3) is 0 Å². The number of hydrogen-bond donors (Lipinski definition) is 1. The Labute approximate surface area is 171 Å². The lowest BCUT2D eigenvalue weighted by Crippen LogP contribution is -2.50. The molecule has 1 saturated heterocycles. The largest absolute Gasteiger partial charge is 0.370 e. The lowest BCUT2D eigenvalue weighted by Gasteiger charge is -2.47. The molecule has 2 aliphatic heterocycles. The van der Waals surface area contributed by atoms with E-state index in [0.717, 1.165) is 29.8 Å². The number of aryl methyl sites for hydroxylation is 1. The van der Waals surface area contributed by atoms with Crippen LogP contribution in [-0.4, -0.2) is 42.9 Å². The van der Waals surface area contributed by atoms with E-state index in [1.165, 1.54) is 17.4 Å². The average molecular weight is 424 g/mol. The first-order valence-electron chi connectivity index (χ1n) is 9.63.